The molecule has 17 nitrogen and oxygen atoms in total. The first-order chi connectivity index (χ1) is 53.3. The molecule has 110 heavy (non-hydrogen) atoms. The molecule has 0 aromatic heterocycles. The van der Waals surface area contributed by atoms with Gasteiger partial charge in [0.2, 0.25) is 0 Å². The van der Waals surface area contributed by atoms with Crippen LogP contribution in [0.2, 0.25) is 0 Å². The molecule has 0 aliphatic rings. The van der Waals surface area contributed by atoms with Crippen LogP contribution in [0, 0.1) is 17.8 Å². The van der Waals surface area contributed by atoms with Gasteiger partial charge in [-0.05, 0) is 43.4 Å². The topological polar surface area (TPSA) is 237 Å². The van der Waals surface area contributed by atoms with E-state index in [9.17, 15) is 43.2 Å². The number of aliphatic hydroxyl groups excluding tert-OH is 1. The molecule has 0 amide bonds. The third-order valence-electron chi connectivity index (χ3n) is 22.1. The molecule has 0 radical (unpaired) electrons. The first-order valence-corrected chi connectivity index (χ1v) is 49.9. The summed E-state index contributed by atoms with van der Waals surface area (Å²) in [6, 6.07) is 0. The summed E-state index contributed by atoms with van der Waals surface area (Å²) in [5.74, 6) is 0.325. The van der Waals surface area contributed by atoms with Crippen LogP contribution >= 0.6 is 15.6 Å². The van der Waals surface area contributed by atoms with Gasteiger partial charge in [0.1, 0.15) is 19.3 Å². The van der Waals surface area contributed by atoms with E-state index in [0.717, 1.165) is 114 Å². The van der Waals surface area contributed by atoms with Crippen LogP contribution in [-0.4, -0.2) is 96.7 Å². The van der Waals surface area contributed by atoms with Crippen molar-refractivity contribution in [3.8, 4) is 0 Å². The zero-order valence-corrected chi connectivity index (χ0v) is 74.5. The Hall–Kier alpha value is -1.94. The Balaban J connectivity index is 5.22. The van der Waals surface area contributed by atoms with E-state index in [1.54, 1.807) is 0 Å². The molecular formula is C91H178O17P2. The highest BCUT2D eigenvalue weighted by Gasteiger charge is 2.31. The summed E-state index contributed by atoms with van der Waals surface area (Å²) in [5, 5.41) is 10.7. The fourth-order valence-electron chi connectivity index (χ4n) is 14.2. The van der Waals surface area contributed by atoms with Crippen LogP contribution in [-0.2, 0) is 65.4 Å². The van der Waals surface area contributed by atoms with E-state index in [1.807, 2.05) is 0 Å². The lowest BCUT2D eigenvalue weighted by Gasteiger charge is -2.21. The Bertz CT molecular complexity index is 2120. The number of aliphatic hydroxyl groups is 1. The fraction of sp³-hybridized carbons (Fsp3) is 0.956. The van der Waals surface area contributed by atoms with Gasteiger partial charge in [0.05, 0.1) is 26.4 Å². The van der Waals surface area contributed by atoms with Crippen molar-refractivity contribution in [3.63, 3.8) is 0 Å². The number of esters is 4. The average Bonchev–Trinajstić information content (AvgIpc) is 0.900. The summed E-state index contributed by atoms with van der Waals surface area (Å²) in [6.45, 7) is 12.1. The van der Waals surface area contributed by atoms with Crippen molar-refractivity contribution in [2.75, 3.05) is 39.6 Å². The maximum Gasteiger partial charge on any atom is 0.472 e. The summed E-state index contributed by atoms with van der Waals surface area (Å²) in [6.07, 6.45) is 73.7. The standard InChI is InChI=1S/C91H178O17P2/c1-8-11-12-13-14-15-16-17-18-23-31-36-41-46-51-60-68-75-91(96)108-87(79-102-89(94)73-66-59-54-53-57-64-71-84(7)10-3)81-106-110(99,100)104-77-85(92)76-103-109(97,98)105-80-86(78-101-88(93)72-65-58-50-45-40-35-30-26-21-19-24-28-33-38-43-48-55-62-69-82(4)5)107-90(95)74-67-61-52-47-42-37-32-27-22-20-25-29-34-39-44-49-56-63-70-83(6)9-2/h82-87,92H,8-81H2,1-7H3,(H,97,98)(H,99,100)/t83?,84?,85-,86-,87-/m1/s1. The monoisotopic (exact) mass is 1610 g/mol. The van der Waals surface area contributed by atoms with Crippen molar-refractivity contribution >= 4 is 39.5 Å². The average molecular weight is 1610 g/mol. The molecule has 19 heteroatoms. The van der Waals surface area contributed by atoms with E-state index in [2.05, 4.69) is 48.5 Å². The van der Waals surface area contributed by atoms with Gasteiger partial charge in [-0.25, -0.2) is 9.13 Å². The molecule has 654 valence electrons. The van der Waals surface area contributed by atoms with E-state index in [4.69, 9.17) is 37.0 Å². The molecule has 4 unspecified atom stereocenters. The highest BCUT2D eigenvalue weighted by Crippen LogP contribution is 2.45. The summed E-state index contributed by atoms with van der Waals surface area (Å²) in [5.41, 5.74) is 0. The molecule has 0 heterocycles. The summed E-state index contributed by atoms with van der Waals surface area (Å²) in [7, 11) is -9.94. The van der Waals surface area contributed by atoms with Gasteiger partial charge in [-0.3, -0.25) is 37.3 Å². The lowest BCUT2D eigenvalue weighted by atomic mass is 9.99. The first kappa shape index (κ1) is 108. The molecule has 0 saturated heterocycles. The van der Waals surface area contributed by atoms with Crippen molar-refractivity contribution in [1.82, 2.24) is 0 Å². The van der Waals surface area contributed by atoms with Gasteiger partial charge < -0.3 is 33.8 Å². The number of ether oxygens (including phenoxy) is 4. The Kier molecular flexibility index (Phi) is 79.4. The number of carbonyl (C=O) groups is 4. The third-order valence-corrected chi connectivity index (χ3v) is 24.0. The normalized spacial score (nSPS) is 14.3. The zero-order valence-electron chi connectivity index (χ0n) is 72.7. The highest BCUT2D eigenvalue weighted by molar-refractivity contribution is 7.47. The van der Waals surface area contributed by atoms with Gasteiger partial charge in [0, 0.05) is 25.7 Å². The lowest BCUT2D eigenvalue weighted by Crippen LogP contribution is -2.30. The van der Waals surface area contributed by atoms with E-state index < -0.39 is 97.5 Å². The van der Waals surface area contributed by atoms with Crippen molar-refractivity contribution in [2.24, 2.45) is 17.8 Å². The van der Waals surface area contributed by atoms with E-state index in [-0.39, 0.29) is 25.7 Å². The van der Waals surface area contributed by atoms with Gasteiger partial charge in [-0.2, -0.15) is 0 Å². The Morgan fingerprint density at radius 1 is 0.264 bits per heavy atom. The molecule has 0 saturated carbocycles. The van der Waals surface area contributed by atoms with E-state index in [0.29, 0.717) is 25.7 Å². The van der Waals surface area contributed by atoms with Crippen molar-refractivity contribution in [1.29, 1.82) is 0 Å². The maximum absolute atomic E-state index is 13.2. The fourth-order valence-corrected chi connectivity index (χ4v) is 15.8. The van der Waals surface area contributed by atoms with Crippen molar-refractivity contribution in [3.05, 3.63) is 0 Å². The molecule has 0 aromatic carbocycles. The maximum atomic E-state index is 13.2. The van der Waals surface area contributed by atoms with Crippen LogP contribution in [0.25, 0.3) is 0 Å². The second kappa shape index (κ2) is 80.8. The number of rotatable bonds is 89. The molecule has 7 atom stereocenters. The first-order valence-electron chi connectivity index (χ1n) is 46.9. The highest BCUT2D eigenvalue weighted by atomic mass is 31.2. The Morgan fingerprint density at radius 2 is 0.464 bits per heavy atom. The minimum atomic E-state index is -4.97. The van der Waals surface area contributed by atoms with Gasteiger partial charge >= 0.3 is 39.5 Å². The largest absolute Gasteiger partial charge is 0.472 e. The zero-order chi connectivity index (χ0) is 80.8. The van der Waals surface area contributed by atoms with E-state index in [1.165, 1.54) is 289 Å². The predicted octanol–water partition coefficient (Wildman–Crippen LogP) is 28.0. The SMILES string of the molecule is CCCCCCCCCCCCCCCCCCCC(=O)O[C@H](COC(=O)CCCCCCCCC(C)CC)COP(=O)(O)OC[C@H](O)COP(=O)(O)OC[C@@H](COC(=O)CCCCCCCCCCCCCCCCCCCCC(C)C)OC(=O)CCCCCCCCCCCCCCCCCCCCC(C)CC. The van der Waals surface area contributed by atoms with Crippen molar-refractivity contribution < 1.29 is 80.2 Å². The Morgan fingerprint density at radius 3 is 0.691 bits per heavy atom. The lowest BCUT2D eigenvalue weighted by molar-refractivity contribution is -0.161. The number of hydrogen-bond donors (Lipinski definition) is 3. The molecule has 0 aliphatic carbocycles. The molecule has 0 aliphatic heterocycles. The molecule has 0 bridgehead atoms. The van der Waals surface area contributed by atoms with Crippen LogP contribution in [0.15, 0.2) is 0 Å². The quantitative estimate of drug-likeness (QED) is 0.0222. The minimum absolute atomic E-state index is 0.108. The van der Waals surface area contributed by atoms with Crippen LogP contribution in [0.3, 0.4) is 0 Å². The van der Waals surface area contributed by atoms with Crippen LogP contribution in [0.1, 0.15) is 485 Å². The summed E-state index contributed by atoms with van der Waals surface area (Å²) in [4.78, 5) is 73.4. The number of unbranched alkanes of at least 4 members (excludes halogenated alkanes) is 55. The molecular weight excluding hydrogens is 1430 g/mol. The van der Waals surface area contributed by atoms with Crippen LogP contribution in [0.4, 0.5) is 0 Å². The van der Waals surface area contributed by atoms with Gasteiger partial charge in [0.15, 0.2) is 12.2 Å². The summed E-state index contributed by atoms with van der Waals surface area (Å²) >= 11 is 0. The molecule has 3 N–H and O–H groups in total. The van der Waals surface area contributed by atoms with Crippen LogP contribution in [0.5, 0.6) is 0 Å². The number of carbonyl (C=O) groups excluding carboxylic acids is 4. The van der Waals surface area contributed by atoms with E-state index >= 15 is 0 Å². The number of hydrogen-bond acceptors (Lipinski definition) is 15. The minimum Gasteiger partial charge on any atom is -0.462 e. The predicted molar refractivity (Wildman–Crippen MR) is 455 cm³/mol. The second-order valence-electron chi connectivity index (χ2n) is 33.7. The van der Waals surface area contributed by atoms with Crippen LogP contribution < -0.4 is 0 Å². The molecule has 0 aromatic rings. The second-order valence-corrected chi connectivity index (χ2v) is 36.6. The third kappa shape index (κ3) is 81.2. The Labute approximate surface area is 677 Å². The van der Waals surface area contributed by atoms with Gasteiger partial charge in [-0.1, -0.05) is 434 Å². The molecule has 0 rings (SSSR count). The van der Waals surface area contributed by atoms with Gasteiger partial charge in [-0.15, -0.1) is 0 Å². The summed E-state index contributed by atoms with van der Waals surface area (Å²) < 4.78 is 69.0. The number of phosphoric ester groups is 2. The molecule has 0 spiro atoms. The van der Waals surface area contributed by atoms with Gasteiger partial charge in [0.25, 0.3) is 0 Å². The van der Waals surface area contributed by atoms with Crippen molar-refractivity contribution in [2.45, 2.75) is 503 Å². The smallest absolute Gasteiger partial charge is 0.462 e. The number of phosphoric acid groups is 2. The molecule has 0 fully saturated rings.